The number of nitrogens with zero attached hydrogens (tertiary/aromatic N) is 2. The molecule has 0 saturated carbocycles. The molecule has 6 nitrogen and oxygen atoms in total. The number of carbonyl (C=O) groups excluding carboxylic acids is 1. The van der Waals surface area contributed by atoms with E-state index in [9.17, 15) is 9.59 Å². The maximum absolute atomic E-state index is 12.7. The topological polar surface area (TPSA) is 73.2 Å². The zero-order chi connectivity index (χ0) is 16.9. The van der Waals surface area contributed by atoms with Crippen molar-refractivity contribution in [2.75, 3.05) is 13.2 Å². The van der Waals surface area contributed by atoms with Crippen LogP contribution in [0.2, 0.25) is 0 Å². The second-order valence-corrected chi connectivity index (χ2v) is 5.86. The smallest absolute Gasteiger partial charge is 0.261 e. The maximum atomic E-state index is 12.7. The van der Waals surface area contributed by atoms with Crippen LogP contribution in [0, 0.1) is 0 Å². The van der Waals surface area contributed by atoms with Crippen molar-refractivity contribution < 1.29 is 9.53 Å². The summed E-state index contributed by atoms with van der Waals surface area (Å²) >= 11 is 0. The largest absolute Gasteiger partial charge is 0.484 e. The van der Waals surface area contributed by atoms with Gasteiger partial charge in [-0.05, 0) is 31.0 Å². The van der Waals surface area contributed by atoms with Gasteiger partial charge in [0.15, 0.2) is 6.61 Å². The molecule has 3 rings (SSSR count). The molecule has 0 spiro atoms. The fraction of sp³-hybridized carbons (Fsp3) is 0.389. The standard InChI is InChI=1S/C18H21N3O3/c1-2-9-19-17(22)12-24-13-7-8-15-14(11-13)18(23)21-10-5-3-4-6-16(21)20-15/h2,7-8,11H,1,3-6,9-10,12H2,(H,19,22). The molecule has 0 aliphatic carbocycles. The molecule has 0 bridgehead atoms. The third kappa shape index (κ3) is 3.48. The van der Waals surface area contributed by atoms with Crippen LogP contribution >= 0.6 is 0 Å². The van der Waals surface area contributed by atoms with E-state index in [1.807, 2.05) is 0 Å². The predicted molar refractivity (Wildman–Crippen MR) is 92.3 cm³/mol. The number of fused-ring (bicyclic) bond motifs is 2. The minimum Gasteiger partial charge on any atom is -0.484 e. The Hall–Kier alpha value is -2.63. The third-order valence-corrected chi connectivity index (χ3v) is 4.10. The Morgan fingerprint density at radius 2 is 2.25 bits per heavy atom. The fourth-order valence-electron chi connectivity index (χ4n) is 2.87. The van der Waals surface area contributed by atoms with Gasteiger partial charge in [-0.25, -0.2) is 4.98 Å². The second-order valence-electron chi connectivity index (χ2n) is 5.86. The van der Waals surface area contributed by atoms with E-state index < -0.39 is 0 Å². The van der Waals surface area contributed by atoms with Crippen molar-refractivity contribution in [1.29, 1.82) is 0 Å². The number of aromatic nitrogens is 2. The monoisotopic (exact) mass is 327 g/mol. The summed E-state index contributed by atoms with van der Waals surface area (Å²) in [4.78, 5) is 28.9. The molecular weight excluding hydrogens is 306 g/mol. The molecule has 0 saturated heterocycles. The number of hydrogen-bond acceptors (Lipinski definition) is 4. The number of aryl methyl sites for hydroxylation is 1. The van der Waals surface area contributed by atoms with Gasteiger partial charge in [0.2, 0.25) is 0 Å². The minimum atomic E-state index is -0.230. The molecule has 126 valence electrons. The van der Waals surface area contributed by atoms with Crippen LogP contribution in [-0.4, -0.2) is 28.6 Å². The first kappa shape index (κ1) is 16.2. The average molecular weight is 327 g/mol. The lowest BCUT2D eigenvalue weighted by atomic mass is 10.2. The van der Waals surface area contributed by atoms with E-state index >= 15 is 0 Å². The van der Waals surface area contributed by atoms with Crippen LogP contribution in [0.3, 0.4) is 0 Å². The van der Waals surface area contributed by atoms with Crippen LogP contribution in [0.5, 0.6) is 5.75 Å². The summed E-state index contributed by atoms with van der Waals surface area (Å²) in [6.45, 7) is 4.55. The predicted octanol–water partition coefficient (Wildman–Crippen LogP) is 1.80. The Morgan fingerprint density at radius 1 is 1.38 bits per heavy atom. The number of hydrogen-bond donors (Lipinski definition) is 1. The van der Waals surface area contributed by atoms with Gasteiger partial charge in [0.25, 0.3) is 11.5 Å². The Kier molecular flexibility index (Phi) is 4.93. The quantitative estimate of drug-likeness (QED) is 0.850. The van der Waals surface area contributed by atoms with E-state index in [4.69, 9.17) is 4.74 Å². The van der Waals surface area contributed by atoms with E-state index in [1.165, 1.54) is 0 Å². The van der Waals surface area contributed by atoms with Gasteiger partial charge in [-0.2, -0.15) is 0 Å². The number of carbonyl (C=O) groups is 1. The Labute approximate surface area is 140 Å². The molecule has 1 aliphatic rings. The van der Waals surface area contributed by atoms with Crippen molar-refractivity contribution in [1.82, 2.24) is 14.9 Å². The number of benzene rings is 1. The van der Waals surface area contributed by atoms with Gasteiger partial charge < -0.3 is 10.1 Å². The first-order valence-electron chi connectivity index (χ1n) is 8.23. The van der Waals surface area contributed by atoms with E-state index in [1.54, 1.807) is 28.8 Å². The molecule has 1 aliphatic heterocycles. The fourth-order valence-corrected chi connectivity index (χ4v) is 2.87. The average Bonchev–Trinajstić information content (AvgIpc) is 2.84. The highest BCUT2D eigenvalue weighted by atomic mass is 16.5. The van der Waals surface area contributed by atoms with Crippen molar-refractivity contribution in [3.8, 4) is 5.75 Å². The molecule has 0 fully saturated rings. The normalized spacial score (nSPS) is 13.8. The van der Waals surface area contributed by atoms with Crippen LogP contribution in [0.15, 0.2) is 35.6 Å². The maximum Gasteiger partial charge on any atom is 0.261 e. The number of nitrogens with one attached hydrogen (secondary N) is 1. The Balaban J connectivity index is 1.85. The first-order chi connectivity index (χ1) is 11.7. The molecule has 0 unspecified atom stereocenters. The Bertz CT molecular complexity index is 826. The van der Waals surface area contributed by atoms with Gasteiger partial charge in [-0.1, -0.05) is 12.5 Å². The van der Waals surface area contributed by atoms with E-state index in [0.717, 1.165) is 31.5 Å². The van der Waals surface area contributed by atoms with Gasteiger partial charge in [0.1, 0.15) is 11.6 Å². The molecule has 1 amide bonds. The van der Waals surface area contributed by atoms with Crippen molar-refractivity contribution in [3.05, 3.63) is 47.0 Å². The minimum absolute atomic E-state index is 0.0292. The highest BCUT2D eigenvalue weighted by molar-refractivity contribution is 5.80. The lowest BCUT2D eigenvalue weighted by molar-refractivity contribution is -0.122. The van der Waals surface area contributed by atoms with Crippen molar-refractivity contribution in [3.63, 3.8) is 0 Å². The number of ether oxygens (including phenoxy) is 1. The Morgan fingerprint density at radius 3 is 3.08 bits per heavy atom. The van der Waals surface area contributed by atoms with Crippen molar-refractivity contribution >= 4 is 16.8 Å². The molecule has 0 radical (unpaired) electrons. The molecular formula is C18H21N3O3. The van der Waals surface area contributed by atoms with Gasteiger partial charge in [-0.3, -0.25) is 14.2 Å². The SMILES string of the molecule is C=CCNC(=O)COc1ccc2nc3n(c(=O)c2c1)CCCCC3. The zero-order valence-electron chi connectivity index (χ0n) is 13.6. The van der Waals surface area contributed by atoms with Crippen LogP contribution < -0.4 is 15.6 Å². The highest BCUT2D eigenvalue weighted by Crippen LogP contribution is 2.19. The second kappa shape index (κ2) is 7.29. The van der Waals surface area contributed by atoms with Crippen molar-refractivity contribution in [2.45, 2.75) is 32.2 Å². The summed E-state index contributed by atoms with van der Waals surface area (Å²) in [6, 6.07) is 5.19. The lowest BCUT2D eigenvalue weighted by Gasteiger charge is -2.11. The summed E-state index contributed by atoms with van der Waals surface area (Å²) < 4.78 is 7.25. The summed E-state index contributed by atoms with van der Waals surface area (Å²) in [5.74, 6) is 1.12. The van der Waals surface area contributed by atoms with Crippen LogP contribution in [0.4, 0.5) is 0 Å². The zero-order valence-corrected chi connectivity index (χ0v) is 13.6. The lowest BCUT2D eigenvalue weighted by Crippen LogP contribution is -2.28. The summed E-state index contributed by atoms with van der Waals surface area (Å²) in [7, 11) is 0. The van der Waals surface area contributed by atoms with E-state index in [0.29, 0.717) is 29.7 Å². The van der Waals surface area contributed by atoms with Gasteiger partial charge in [0.05, 0.1) is 10.9 Å². The van der Waals surface area contributed by atoms with E-state index in [-0.39, 0.29) is 18.1 Å². The summed E-state index contributed by atoms with van der Waals surface area (Å²) in [6.07, 6.45) is 5.63. The molecule has 1 aromatic carbocycles. The molecule has 6 heteroatoms. The molecule has 0 atom stereocenters. The van der Waals surface area contributed by atoms with Gasteiger partial charge in [-0.15, -0.1) is 6.58 Å². The van der Waals surface area contributed by atoms with Gasteiger partial charge >= 0.3 is 0 Å². The molecule has 2 aromatic rings. The van der Waals surface area contributed by atoms with Crippen molar-refractivity contribution in [2.24, 2.45) is 0 Å². The summed E-state index contributed by atoms with van der Waals surface area (Å²) in [5, 5.41) is 3.17. The van der Waals surface area contributed by atoms with E-state index in [2.05, 4.69) is 16.9 Å². The number of amides is 1. The third-order valence-electron chi connectivity index (χ3n) is 4.10. The molecule has 24 heavy (non-hydrogen) atoms. The molecule has 1 aromatic heterocycles. The van der Waals surface area contributed by atoms with Crippen LogP contribution in [0.1, 0.15) is 25.1 Å². The summed E-state index contributed by atoms with van der Waals surface area (Å²) in [5.41, 5.74) is 0.648. The highest BCUT2D eigenvalue weighted by Gasteiger charge is 2.14. The van der Waals surface area contributed by atoms with Crippen LogP contribution in [-0.2, 0) is 17.8 Å². The van der Waals surface area contributed by atoms with Gasteiger partial charge in [0, 0.05) is 19.5 Å². The first-order valence-corrected chi connectivity index (χ1v) is 8.23. The molecule has 1 N–H and O–H groups in total. The molecule has 2 heterocycles. The number of rotatable bonds is 5. The van der Waals surface area contributed by atoms with Crippen LogP contribution in [0.25, 0.3) is 10.9 Å².